The summed E-state index contributed by atoms with van der Waals surface area (Å²) in [7, 11) is 0. The second-order valence-electron chi connectivity index (χ2n) is 5.74. The first-order valence-electron chi connectivity index (χ1n) is 6.96. The molecule has 0 aromatic heterocycles. The molecule has 0 fully saturated rings. The zero-order valence-electron chi connectivity index (χ0n) is 11.8. The van der Waals surface area contributed by atoms with Crippen LogP contribution in [-0.2, 0) is 4.79 Å². The molecule has 0 saturated heterocycles. The van der Waals surface area contributed by atoms with E-state index in [9.17, 15) is 4.79 Å². The Morgan fingerprint density at radius 3 is 1.81 bits per heavy atom. The number of carbonyl (C=O) groups is 1. The Labute approximate surface area is 102 Å². The molecule has 0 heterocycles. The lowest BCUT2D eigenvalue weighted by molar-refractivity contribution is -0.110. The fraction of sp³-hybridized carbons (Fsp3) is 0.933. The lowest BCUT2D eigenvalue weighted by Gasteiger charge is -2.21. The van der Waals surface area contributed by atoms with Crippen LogP contribution >= 0.6 is 0 Å². The fourth-order valence-electron chi connectivity index (χ4n) is 1.91. The maximum absolute atomic E-state index is 10.5. The molecular formula is C15H30O. The van der Waals surface area contributed by atoms with Gasteiger partial charge in [-0.2, -0.15) is 0 Å². The van der Waals surface area contributed by atoms with Crippen LogP contribution in [0.4, 0.5) is 0 Å². The molecular weight excluding hydrogens is 196 g/mol. The summed E-state index contributed by atoms with van der Waals surface area (Å²) in [6.07, 6.45) is 7.32. The largest absolute Gasteiger partial charge is 0.303 e. The van der Waals surface area contributed by atoms with Crippen molar-refractivity contribution in [2.24, 2.45) is 23.7 Å². The summed E-state index contributed by atoms with van der Waals surface area (Å²) in [5.41, 5.74) is 0. The Bertz CT molecular complexity index is 176. The van der Waals surface area contributed by atoms with Crippen LogP contribution in [0.1, 0.15) is 66.7 Å². The van der Waals surface area contributed by atoms with E-state index in [1.807, 2.05) is 6.92 Å². The highest BCUT2D eigenvalue weighted by atomic mass is 16.1. The number of aldehydes is 1. The molecule has 0 aliphatic rings. The molecule has 96 valence electrons. The summed E-state index contributed by atoms with van der Waals surface area (Å²) in [5.74, 6) is 2.66. The predicted molar refractivity (Wildman–Crippen MR) is 71.5 cm³/mol. The van der Waals surface area contributed by atoms with Crippen molar-refractivity contribution >= 4 is 6.29 Å². The van der Waals surface area contributed by atoms with Gasteiger partial charge in [0.15, 0.2) is 0 Å². The van der Waals surface area contributed by atoms with Crippen LogP contribution in [0.5, 0.6) is 0 Å². The molecule has 0 aliphatic carbocycles. The highest BCUT2D eigenvalue weighted by Crippen LogP contribution is 2.25. The summed E-state index contributed by atoms with van der Waals surface area (Å²) in [4.78, 5) is 10.5. The van der Waals surface area contributed by atoms with Gasteiger partial charge < -0.3 is 4.79 Å². The van der Waals surface area contributed by atoms with Crippen molar-refractivity contribution in [1.29, 1.82) is 0 Å². The molecule has 0 aliphatic heterocycles. The van der Waals surface area contributed by atoms with E-state index in [4.69, 9.17) is 0 Å². The van der Waals surface area contributed by atoms with Gasteiger partial charge in [0.2, 0.25) is 0 Å². The number of hydrogen-bond acceptors (Lipinski definition) is 1. The minimum absolute atomic E-state index is 0.240. The van der Waals surface area contributed by atoms with Crippen LogP contribution in [0.3, 0.4) is 0 Å². The van der Waals surface area contributed by atoms with E-state index >= 15 is 0 Å². The zero-order chi connectivity index (χ0) is 12.6. The minimum Gasteiger partial charge on any atom is -0.303 e. The van der Waals surface area contributed by atoms with Crippen molar-refractivity contribution in [3.63, 3.8) is 0 Å². The quantitative estimate of drug-likeness (QED) is 0.521. The van der Waals surface area contributed by atoms with Crippen molar-refractivity contribution in [1.82, 2.24) is 0 Å². The van der Waals surface area contributed by atoms with Gasteiger partial charge in [-0.05, 0) is 30.6 Å². The summed E-state index contributed by atoms with van der Waals surface area (Å²) in [6, 6.07) is 0. The second-order valence-corrected chi connectivity index (χ2v) is 5.74. The summed E-state index contributed by atoms with van der Waals surface area (Å²) in [5, 5.41) is 0. The molecule has 0 saturated carbocycles. The third-order valence-electron chi connectivity index (χ3n) is 4.09. The van der Waals surface area contributed by atoms with Crippen LogP contribution in [-0.4, -0.2) is 6.29 Å². The Balaban J connectivity index is 3.72. The Hall–Kier alpha value is -0.330. The van der Waals surface area contributed by atoms with Crippen LogP contribution < -0.4 is 0 Å². The lowest BCUT2D eigenvalue weighted by Crippen LogP contribution is -2.11. The summed E-state index contributed by atoms with van der Waals surface area (Å²) < 4.78 is 0. The van der Waals surface area contributed by atoms with E-state index in [2.05, 4.69) is 27.7 Å². The molecule has 4 unspecified atom stereocenters. The molecule has 0 aromatic rings. The van der Waals surface area contributed by atoms with Crippen molar-refractivity contribution in [3.8, 4) is 0 Å². The zero-order valence-corrected chi connectivity index (χ0v) is 11.8. The Kier molecular flexibility index (Phi) is 8.60. The molecule has 16 heavy (non-hydrogen) atoms. The van der Waals surface area contributed by atoms with Crippen molar-refractivity contribution in [3.05, 3.63) is 0 Å². The topological polar surface area (TPSA) is 17.1 Å². The second kappa shape index (κ2) is 8.78. The number of carbonyl (C=O) groups excluding carboxylic acids is 1. The normalized spacial score (nSPS) is 18.8. The molecule has 0 amide bonds. The van der Waals surface area contributed by atoms with E-state index in [-0.39, 0.29) is 5.92 Å². The first-order valence-corrected chi connectivity index (χ1v) is 6.96. The van der Waals surface area contributed by atoms with Gasteiger partial charge in [-0.1, -0.05) is 53.9 Å². The summed E-state index contributed by atoms with van der Waals surface area (Å²) in [6.45, 7) is 11.3. The smallest absolute Gasteiger partial charge is 0.122 e. The van der Waals surface area contributed by atoms with Crippen LogP contribution in [0.25, 0.3) is 0 Å². The van der Waals surface area contributed by atoms with Gasteiger partial charge in [-0.25, -0.2) is 0 Å². The third kappa shape index (κ3) is 7.03. The van der Waals surface area contributed by atoms with E-state index in [0.29, 0.717) is 0 Å². The Morgan fingerprint density at radius 1 is 0.875 bits per heavy atom. The molecule has 0 spiro atoms. The molecule has 4 atom stereocenters. The molecule has 0 N–H and O–H groups in total. The molecule has 0 rings (SSSR count). The van der Waals surface area contributed by atoms with Gasteiger partial charge in [0.1, 0.15) is 6.29 Å². The molecule has 0 radical (unpaired) electrons. The fourth-order valence-corrected chi connectivity index (χ4v) is 1.91. The van der Waals surface area contributed by atoms with Crippen LogP contribution in [0.15, 0.2) is 0 Å². The van der Waals surface area contributed by atoms with Crippen molar-refractivity contribution in [2.45, 2.75) is 66.7 Å². The van der Waals surface area contributed by atoms with Gasteiger partial charge in [0.05, 0.1) is 0 Å². The van der Waals surface area contributed by atoms with E-state index in [1.165, 1.54) is 25.7 Å². The average molecular weight is 226 g/mol. The highest BCUT2D eigenvalue weighted by Gasteiger charge is 2.14. The van der Waals surface area contributed by atoms with Gasteiger partial charge >= 0.3 is 0 Å². The molecule has 1 nitrogen and oxygen atoms in total. The minimum atomic E-state index is 0.240. The first kappa shape index (κ1) is 15.7. The Morgan fingerprint density at radius 2 is 1.38 bits per heavy atom. The van der Waals surface area contributed by atoms with Crippen molar-refractivity contribution in [2.75, 3.05) is 0 Å². The average Bonchev–Trinajstić information content (AvgIpc) is 2.31. The SMILES string of the molecule is CCC(C)CCC(C)C(C)CCC(C)C=O. The van der Waals surface area contributed by atoms with E-state index < -0.39 is 0 Å². The number of hydrogen-bond donors (Lipinski definition) is 0. The van der Waals surface area contributed by atoms with Gasteiger partial charge in [0, 0.05) is 5.92 Å². The lowest BCUT2D eigenvalue weighted by atomic mass is 9.84. The maximum atomic E-state index is 10.5. The third-order valence-corrected chi connectivity index (χ3v) is 4.09. The van der Waals surface area contributed by atoms with Crippen molar-refractivity contribution < 1.29 is 4.79 Å². The monoisotopic (exact) mass is 226 g/mol. The van der Waals surface area contributed by atoms with Gasteiger partial charge in [-0.15, -0.1) is 0 Å². The summed E-state index contributed by atoms with van der Waals surface area (Å²) >= 11 is 0. The van der Waals surface area contributed by atoms with E-state index in [0.717, 1.165) is 30.5 Å². The predicted octanol–water partition coefficient (Wildman–Crippen LogP) is 4.70. The van der Waals surface area contributed by atoms with Crippen LogP contribution in [0, 0.1) is 23.7 Å². The molecule has 0 aromatic carbocycles. The molecule has 0 bridgehead atoms. The number of rotatable bonds is 9. The molecule has 1 heteroatoms. The standard InChI is InChI=1S/C15H30O/c1-6-12(2)7-9-14(4)15(5)10-8-13(3)11-16/h11-15H,6-10H2,1-5H3. The van der Waals surface area contributed by atoms with Crippen LogP contribution in [0.2, 0.25) is 0 Å². The van der Waals surface area contributed by atoms with E-state index in [1.54, 1.807) is 0 Å². The van der Waals surface area contributed by atoms with Gasteiger partial charge in [0.25, 0.3) is 0 Å². The first-order chi connectivity index (χ1) is 7.51. The highest BCUT2D eigenvalue weighted by molar-refractivity contribution is 5.52. The van der Waals surface area contributed by atoms with Gasteiger partial charge in [-0.3, -0.25) is 0 Å². The maximum Gasteiger partial charge on any atom is 0.122 e.